The number of nitrogens with one attached hydrogen (secondary N) is 1. The standard InChI is InChI=1S/C14H21N3O3/c1-15-9-10-3-2-8-16(11-4-5-11)14(10)12-6-7-13(20-12)17(18)19/h6-7,10-11,14-15H,2-5,8-9H2,1H3. The number of likely N-dealkylation sites (tertiary alicyclic amines) is 1. The van der Waals surface area contributed by atoms with Crippen LogP contribution in [0.1, 0.15) is 37.5 Å². The Hall–Kier alpha value is -1.40. The Kier molecular flexibility index (Phi) is 3.76. The number of piperidine rings is 1. The fraction of sp³-hybridized carbons (Fsp3) is 0.714. The molecule has 2 atom stereocenters. The predicted octanol–water partition coefficient (Wildman–Crippen LogP) is 2.32. The van der Waals surface area contributed by atoms with Gasteiger partial charge in [0.15, 0.2) is 0 Å². The molecule has 0 spiro atoms. The highest BCUT2D eigenvalue weighted by Gasteiger charge is 2.42. The number of hydrogen-bond donors (Lipinski definition) is 1. The van der Waals surface area contributed by atoms with Crippen LogP contribution in [0.2, 0.25) is 0 Å². The van der Waals surface area contributed by atoms with Gasteiger partial charge in [-0.25, -0.2) is 0 Å². The van der Waals surface area contributed by atoms with E-state index >= 15 is 0 Å². The Morgan fingerprint density at radius 2 is 2.25 bits per heavy atom. The summed E-state index contributed by atoms with van der Waals surface area (Å²) in [6, 6.07) is 4.08. The minimum atomic E-state index is -0.457. The van der Waals surface area contributed by atoms with E-state index in [1.807, 2.05) is 7.05 Å². The van der Waals surface area contributed by atoms with Crippen molar-refractivity contribution in [2.45, 2.75) is 37.8 Å². The Morgan fingerprint density at radius 3 is 2.85 bits per heavy atom. The van der Waals surface area contributed by atoms with Crippen LogP contribution in [-0.2, 0) is 0 Å². The van der Waals surface area contributed by atoms with Crippen molar-refractivity contribution in [2.24, 2.45) is 5.92 Å². The maximum Gasteiger partial charge on any atom is 0.433 e. The maximum atomic E-state index is 10.8. The molecule has 6 nitrogen and oxygen atoms in total. The van der Waals surface area contributed by atoms with Crippen molar-refractivity contribution in [3.8, 4) is 0 Å². The molecule has 2 aliphatic rings. The third-order valence-corrected chi connectivity index (χ3v) is 4.36. The summed E-state index contributed by atoms with van der Waals surface area (Å²) in [7, 11) is 1.96. The van der Waals surface area contributed by atoms with E-state index in [9.17, 15) is 10.1 Å². The van der Waals surface area contributed by atoms with Gasteiger partial charge in [0.25, 0.3) is 0 Å². The smallest absolute Gasteiger partial charge is 0.404 e. The topological polar surface area (TPSA) is 71.5 Å². The van der Waals surface area contributed by atoms with Gasteiger partial charge in [0, 0.05) is 6.04 Å². The number of nitro groups is 1. The van der Waals surface area contributed by atoms with Gasteiger partial charge in [-0.15, -0.1) is 0 Å². The van der Waals surface area contributed by atoms with E-state index in [4.69, 9.17) is 4.42 Å². The van der Waals surface area contributed by atoms with Crippen LogP contribution in [0.4, 0.5) is 5.88 Å². The first kappa shape index (κ1) is 13.6. The highest BCUT2D eigenvalue weighted by Crippen LogP contribution is 2.43. The molecule has 1 saturated heterocycles. The number of nitrogens with zero attached hydrogens (tertiary/aromatic N) is 2. The van der Waals surface area contributed by atoms with Gasteiger partial charge in [0.05, 0.1) is 12.1 Å². The molecule has 1 N–H and O–H groups in total. The average molecular weight is 279 g/mol. The summed E-state index contributed by atoms with van der Waals surface area (Å²) in [5, 5.41) is 14.1. The molecule has 0 bridgehead atoms. The second kappa shape index (κ2) is 5.54. The lowest BCUT2D eigenvalue weighted by Gasteiger charge is -2.40. The molecule has 1 aromatic heterocycles. The summed E-state index contributed by atoms with van der Waals surface area (Å²) in [5.41, 5.74) is 0. The molecule has 6 heteroatoms. The second-order valence-corrected chi connectivity index (χ2v) is 5.81. The van der Waals surface area contributed by atoms with Crippen LogP contribution in [0.15, 0.2) is 16.5 Å². The van der Waals surface area contributed by atoms with Crippen molar-refractivity contribution < 1.29 is 9.34 Å². The van der Waals surface area contributed by atoms with E-state index in [0.717, 1.165) is 25.3 Å². The first-order valence-corrected chi connectivity index (χ1v) is 7.35. The molecule has 2 fully saturated rings. The van der Waals surface area contributed by atoms with E-state index in [-0.39, 0.29) is 11.9 Å². The van der Waals surface area contributed by atoms with Crippen LogP contribution in [0, 0.1) is 16.0 Å². The lowest BCUT2D eigenvalue weighted by Crippen LogP contribution is -2.43. The summed E-state index contributed by atoms with van der Waals surface area (Å²) in [4.78, 5) is 12.9. The molecule has 0 radical (unpaired) electrons. The molecular weight excluding hydrogens is 258 g/mol. The van der Waals surface area contributed by atoms with E-state index < -0.39 is 4.92 Å². The number of rotatable bonds is 5. The second-order valence-electron chi connectivity index (χ2n) is 5.81. The lowest BCUT2D eigenvalue weighted by molar-refractivity contribution is -0.402. The van der Waals surface area contributed by atoms with E-state index in [1.165, 1.54) is 25.3 Å². The Labute approximate surface area is 118 Å². The van der Waals surface area contributed by atoms with Crippen molar-refractivity contribution in [3.63, 3.8) is 0 Å². The molecule has 1 aliphatic heterocycles. The highest BCUT2D eigenvalue weighted by atomic mass is 16.6. The van der Waals surface area contributed by atoms with Crippen LogP contribution in [0.5, 0.6) is 0 Å². The molecule has 1 saturated carbocycles. The van der Waals surface area contributed by atoms with Gasteiger partial charge in [-0.05, 0) is 57.8 Å². The van der Waals surface area contributed by atoms with E-state index in [2.05, 4.69) is 10.2 Å². The van der Waals surface area contributed by atoms with Gasteiger partial charge in [0.1, 0.15) is 10.7 Å². The summed E-state index contributed by atoms with van der Waals surface area (Å²) in [6.07, 6.45) is 4.82. The van der Waals surface area contributed by atoms with Crippen LogP contribution < -0.4 is 5.32 Å². The molecule has 1 aromatic rings. The summed E-state index contributed by atoms with van der Waals surface area (Å²) >= 11 is 0. The van der Waals surface area contributed by atoms with Gasteiger partial charge in [-0.3, -0.25) is 15.0 Å². The van der Waals surface area contributed by atoms with Gasteiger partial charge >= 0.3 is 5.88 Å². The maximum absolute atomic E-state index is 10.8. The first-order chi connectivity index (χ1) is 9.70. The zero-order valence-electron chi connectivity index (χ0n) is 11.7. The summed E-state index contributed by atoms with van der Waals surface area (Å²) in [6.45, 7) is 1.99. The molecule has 2 unspecified atom stereocenters. The summed E-state index contributed by atoms with van der Waals surface area (Å²) < 4.78 is 5.50. The van der Waals surface area contributed by atoms with Crippen molar-refractivity contribution >= 4 is 5.88 Å². The SMILES string of the molecule is CNCC1CCCN(C2CC2)C1c1ccc([N+](=O)[O-])o1. The third-order valence-electron chi connectivity index (χ3n) is 4.36. The van der Waals surface area contributed by atoms with Crippen LogP contribution >= 0.6 is 0 Å². The number of hydrogen-bond acceptors (Lipinski definition) is 5. The van der Waals surface area contributed by atoms with Crippen molar-refractivity contribution in [3.05, 3.63) is 28.0 Å². The molecule has 20 heavy (non-hydrogen) atoms. The minimum absolute atomic E-state index is 0.149. The van der Waals surface area contributed by atoms with E-state index in [0.29, 0.717) is 12.0 Å². The molecule has 110 valence electrons. The third kappa shape index (κ3) is 2.58. The van der Waals surface area contributed by atoms with Crippen LogP contribution in [0.3, 0.4) is 0 Å². The van der Waals surface area contributed by atoms with Gasteiger partial charge in [-0.1, -0.05) is 0 Å². The normalized spacial score (nSPS) is 27.6. The van der Waals surface area contributed by atoms with Crippen molar-refractivity contribution in [2.75, 3.05) is 20.1 Å². The Balaban J connectivity index is 1.87. The molecule has 1 aliphatic carbocycles. The molecule has 0 amide bonds. The van der Waals surface area contributed by atoms with Crippen LogP contribution in [-0.4, -0.2) is 36.0 Å². The predicted molar refractivity (Wildman–Crippen MR) is 74.5 cm³/mol. The zero-order valence-corrected chi connectivity index (χ0v) is 11.7. The Morgan fingerprint density at radius 1 is 1.45 bits per heavy atom. The molecular formula is C14H21N3O3. The average Bonchev–Trinajstić information content (AvgIpc) is 3.16. The fourth-order valence-corrected chi connectivity index (χ4v) is 3.39. The van der Waals surface area contributed by atoms with Gasteiger partial charge in [-0.2, -0.15) is 0 Å². The lowest BCUT2D eigenvalue weighted by atomic mass is 9.87. The van der Waals surface area contributed by atoms with Crippen LogP contribution in [0.25, 0.3) is 0 Å². The summed E-state index contributed by atoms with van der Waals surface area (Å²) in [5.74, 6) is 1.06. The zero-order chi connectivity index (χ0) is 14.1. The largest absolute Gasteiger partial charge is 0.433 e. The molecule has 0 aromatic carbocycles. The fourth-order valence-electron chi connectivity index (χ4n) is 3.39. The molecule has 2 heterocycles. The molecule has 3 rings (SSSR count). The quantitative estimate of drug-likeness (QED) is 0.661. The monoisotopic (exact) mass is 279 g/mol. The number of furan rings is 1. The van der Waals surface area contributed by atoms with E-state index in [1.54, 1.807) is 6.07 Å². The van der Waals surface area contributed by atoms with Gasteiger partial charge < -0.3 is 9.73 Å². The Bertz CT molecular complexity index is 482. The minimum Gasteiger partial charge on any atom is -0.404 e. The van der Waals surface area contributed by atoms with Crippen molar-refractivity contribution in [1.29, 1.82) is 0 Å². The first-order valence-electron chi connectivity index (χ1n) is 7.35. The highest BCUT2D eigenvalue weighted by molar-refractivity contribution is 5.21. The van der Waals surface area contributed by atoms with Gasteiger partial charge in [0.2, 0.25) is 0 Å². The van der Waals surface area contributed by atoms with Crippen molar-refractivity contribution in [1.82, 2.24) is 10.2 Å².